The molecule has 66 valence electrons. The maximum Gasteiger partial charge on any atom is 0.271 e. The first-order valence-electron chi connectivity index (χ1n) is 3.74. The summed E-state index contributed by atoms with van der Waals surface area (Å²) in [6.45, 7) is 5.31. The second-order valence-corrected chi connectivity index (χ2v) is 2.33. The number of nitro groups is 1. The van der Waals surface area contributed by atoms with Crippen LogP contribution in [0.15, 0.2) is 35.6 Å². The Morgan fingerprint density at radius 3 is 2.08 bits per heavy atom. The third-order valence-electron chi connectivity index (χ3n) is 1.34. The third-order valence-corrected chi connectivity index (χ3v) is 1.34. The van der Waals surface area contributed by atoms with E-state index in [0.717, 1.165) is 0 Å². The van der Waals surface area contributed by atoms with Gasteiger partial charge in [-0.3, -0.25) is 10.1 Å². The molecule has 0 aliphatic carbocycles. The molecular formula is C9H13NO2. The fourth-order valence-electron chi connectivity index (χ4n) is 0.830. The van der Waals surface area contributed by atoms with E-state index in [1.165, 1.54) is 6.08 Å². The van der Waals surface area contributed by atoms with Crippen molar-refractivity contribution < 1.29 is 4.92 Å². The predicted octanol–water partition coefficient (Wildman–Crippen LogP) is 2.69. The second-order valence-electron chi connectivity index (χ2n) is 2.33. The monoisotopic (exact) mass is 167 g/mol. The first-order chi connectivity index (χ1) is 5.63. The Balaban J connectivity index is 4.93. The molecule has 0 saturated heterocycles. The average molecular weight is 167 g/mol. The Hall–Kier alpha value is -1.38. The summed E-state index contributed by atoms with van der Waals surface area (Å²) in [5.41, 5.74) is 0.816. The molecule has 0 atom stereocenters. The van der Waals surface area contributed by atoms with E-state index in [1.807, 2.05) is 6.92 Å². The van der Waals surface area contributed by atoms with E-state index < -0.39 is 0 Å². The van der Waals surface area contributed by atoms with Crippen molar-refractivity contribution >= 4 is 0 Å². The Morgan fingerprint density at radius 1 is 1.25 bits per heavy atom. The van der Waals surface area contributed by atoms with Crippen LogP contribution in [0.3, 0.4) is 0 Å². The molecule has 0 N–H and O–H groups in total. The van der Waals surface area contributed by atoms with E-state index in [1.54, 1.807) is 32.1 Å². The number of nitrogens with zero attached hydrogens (tertiary/aromatic N) is 1. The van der Waals surface area contributed by atoms with Gasteiger partial charge in [0.05, 0.1) is 4.92 Å². The van der Waals surface area contributed by atoms with Gasteiger partial charge < -0.3 is 0 Å². The van der Waals surface area contributed by atoms with Crippen molar-refractivity contribution in [3.8, 4) is 0 Å². The van der Waals surface area contributed by atoms with Crippen molar-refractivity contribution in [2.45, 2.75) is 20.8 Å². The summed E-state index contributed by atoms with van der Waals surface area (Å²) in [7, 11) is 0. The second kappa shape index (κ2) is 5.29. The van der Waals surface area contributed by atoms with Crippen LogP contribution >= 0.6 is 0 Å². The number of hydrogen-bond donors (Lipinski definition) is 0. The molecule has 0 aromatic carbocycles. The van der Waals surface area contributed by atoms with Gasteiger partial charge in [-0.25, -0.2) is 0 Å². The van der Waals surface area contributed by atoms with Crippen LogP contribution in [-0.4, -0.2) is 4.92 Å². The van der Waals surface area contributed by atoms with Gasteiger partial charge in [0.1, 0.15) is 0 Å². The highest BCUT2D eigenvalue weighted by Gasteiger charge is 2.07. The predicted molar refractivity (Wildman–Crippen MR) is 49.3 cm³/mol. The zero-order valence-corrected chi connectivity index (χ0v) is 7.57. The van der Waals surface area contributed by atoms with E-state index in [9.17, 15) is 10.1 Å². The smallest absolute Gasteiger partial charge is 0.258 e. The summed E-state index contributed by atoms with van der Waals surface area (Å²) in [6, 6.07) is 0. The summed E-state index contributed by atoms with van der Waals surface area (Å²) in [5, 5.41) is 10.5. The SMILES string of the molecule is C\C=C/C(C)=C(\C=C/C)[N+](=O)[O-]. The highest BCUT2D eigenvalue weighted by molar-refractivity contribution is 5.26. The molecule has 0 aromatic heterocycles. The van der Waals surface area contributed by atoms with E-state index in [-0.39, 0.29) is 10.6 Å². The summed E-state index contributed by atoms with van der Waals surface area (Å²) < 4.78 is 0. The number of rotatable bonds is 3. The zero-order chi connectivity index (χ0) is 9.56. The molecular weight excluding hydrogens is 154 g/mol. The quantitative estimate of drug-likeness (QED) is 0.368. The molecule has 12 heavy (non-hydrogen) atoms. The van der Waals surface area contributed by atoms with Gasteiger partial charge in [-0.05, 0) is 20.8 Å². The lowest BCUT2D eigenvalue weighted by molar-refractivity contribution is -0.419. The third kappa shape index (κ3) is 3.14. The Morgan fingerprint density at radius 2 is 1.75 bits per heavy atom. The molecule has 0 heterocycles. The Kier molecular flexibility index (Phi) is 4.69. The van der Waals surface area contributed by atoms with Gasteiger partial charge in [0.2, 0.25) is 0 Å². The topological polar surface area (TPSA) is 43.1 Å². The maximum absolute atomic E-state index is 10.5. The molecule has 0 aromatic rings. The van der Waals surface area contributed by atoms with Crippen LogP contribution in [0.25, 0.3) is 0 Å². The van der Waals surface area contributed by atoms with Crippen LogP contribution in [0, 0.1) is 10.1 Å². The molecule has 0 bridgehead atoms. The van der Waals surface area contributed by atoms with Gasteiger partial charge in [0, 0.05) is 11.6 Å². The van der Waals surface area contributed by atoms with Gasteiger partial charge in [-0.2, -0.15) is 0 Å². The zero-order valence-electron chi connectivity index (χ0n) is 7.57. The molecule has 0 fully saturated rings. The maximum atomic E-state index is 10.5. The van der Waals surface area contributed by atoms with E-state index in [2.05, 4.69) is 0 Å². The van der Waals surface area contributed by atoms with E-state index >= 15 is 0 Å². The van der Waals surface area contributed by atoms with Crippen molar-refractivity contribution in [3.63, 3.8) is 0 Å². The highest BCUT2D eigenvalue weighted by atomic mass is 16.6. The van der Waals surface area contributed by atoms with Crippen molar-refractivity contribution in [2.24, 2.45) is 0 Å². The van der Waals surface area contributed by atoms with Gasteiger partial charge in [0.25, 0.3) is 5.70 Å². The first-order valence-corrected chi connectivity index (χ1v) is 3.74. The minimum Gasteiger partial charge on any atom is -0.258 e. The number of allylic oxidation sites excluding steroid dienone is 5. The average Bonchev–Trinajstić information content (AvgIpc) is 1.99. The van der Waals surface area contributed by atoms with Crippen molar-refractivity contribution in [1.82, 2.24) is 0 Å². The highest BCUT2D eigenvalue weighted by Crippen LogP contribution is 2.07. The molecule has 0 rings (SSSR count). The molecule has 3 heteroatoms. The van der Waals surface area contributed by atoms with Crippen molar-refractivity contribution in [2.75, 3.05) is 0 Å². The van der Waals surface area contributed by atoms with Crippen LogP contribution in [0.1, 0.15) is 20.8 Å². The standard InChI is InChI=1S/C9H13NO2/c1-4-6-8(3)9(7-5-2)10(11)12/h4-7H,1-3H3/b6-4-,7-5-,9-8+. The molecule has 0 unspecified atom stereocenters. The summed E-state index contributed by atoms with van der Waals surface area (Å²) in [5.74, 6) is 0. The summed E-state index contributed by atoms with van der Waals surface area (Å²) in [6.07, 6.45) is 6.65. The van der Waals surface area contributed by atoms with Gasteiger partial charge in [0.15, 0.2) is 0 Å². The minimum atomic E-state index is -0.380. The molecule has 0 amide bonds. The molecule has 0 aliphatic heterocycles. The van der Waals surface area contributed by atoms with Crippen LogP contribution in [0.5, 0.6) is 0 Å². The largest absolute Gasteiger partial charge is 0.271 e. The first kappa shape index (κ1) is 10.6. The van der Waals surface area contributed by atoms with Gasteiger partial charge >= 0.3 is 0 Å². The van der Waals surface area contributed by atoms with Gasteiger partial charge in [-0.15, -0.1) is 0 Å². The summed E-state index contributed by atoms with van der Waals surface area (Å²) in [4.78, 5) is 10.1. The van der Waals surface area contributed by atoms with Crippen molar-refractivity contribution in [3.05, 3.63) is 45.7 Å². The fourth-order valence-corrected chi connectivity index (χ4v) is 0.830. The fraction of sp³-hybridized carbons (Fsp3) is 0.333. The van der Waals surface area contributed by atoms with Crippen molar-refractivity contribution in [1.29, 1.82) is 0 Å². The van der Waals surface area contributed by atoms with Crippen LogP contribution in [0.2, 0.25) is 0 Å². The van der Waals surface area contributed by atoms with Crippen LogP contribution in [-0.2, 0) is 0 Å². The van der Waals surface area contributed by atoms with E-state index in [0.29, 0.717) is 5.57 Å². The number of hydrogen-bond acceptors (Lipinski definition) is 2. The lowest BCUT2D eigenvalue weighted by atomic mass is 10.2. The minimum absolute atomic E-state index is 0.149. The molecule has 0 spiro atoms. The molecule has 0 radical (unpaired) electrons. The lowest BCUT2D eigenvalue weighted by Gasteiger charge is -1.93. The summed E-state index contributed by atoms with van der Waals surface area (Å²) >= 11 is 0. The lowest BCUT2D eigenvalue weighted by Crippen LogP contribution is -1.97. The Bertz CT molecular complexity index is 249. The van der Waals surface area contributed by atoms with E-state index in [4.69, 9.17) is 0 Å². The Labute approximate surface area is 72.2 Å². The van der Waals surface area contributed by atoms with Crippen LogP contribution < -0.4 is 0 Å². The normalized spacial score (nSPS) is 13.9. The van der Waals surface area contributed by atoms with Crippen LogP contribution in [0.4, 0.5) is 0 Å². The molecule has 0 saturated carbocycles. The van der Waals surface area contributed by atoms with Gasteiger partial charge in [-0.1, -0.05) is 18.2 Å². The molecule has 3 nitrogen and oxygen atoms in total. The molecule has 0 aliphatic rings.